The molecule has 0 saturated heterocycles. The van der Waals surface area contributed by atoms with Gasteiger partial charge in [-0.1, -0.05) is 86.1 Å². The van der Waals surface area contributed by atoms with Crippen molar-refractivity contribution in [3.63, 3.8) is 0 Å². The highest BCUT2D eigenvalue weighted by molar-refractivity contribution is 5.75. The monoisotopic (exact) mass is 496 g/mol. The van der Waals surface area contributed by atoms with Gasteiger partial charge >= 0.3 is 5.97 Å². The molecule has 1 N–H and O–H groups in total. The van der Waals surface area contributed by atoms with Gasteiger partial charge in [0.1, 0.15) is 11.6 Å². The Labute approximate surface area is 217 Å². The second-order valence-corrected chi connectivity index (χ2v) is 9.20. The zero-order valence-electron chi connectivity index (χ0n) is 21.5. The van der Waals surface area contributed by atoms with Crippen LogP contribution in [0.15, 0.2) is 83.7 Å². The van der Waals surface area contributed by atoms with Crippen LogP contribution in [0.5, 0.6) is 5.75 Å². The van der Waals surface area contributed by atoms with Crippen molar-refractivity contribution >= 4 is 5.97 Å². The quantitative estimate of drug-likeness (QED) is 0.286. The molecule has 0 amide bonds. The fourth-order valence-corrected chi connectivity index (χ4v) is 4.48. The van der Waals surface area contributed by atoms with Gasteiger partial charge in [-0.2, -0.15) is 0 Å². The lowest BCUT2D eigenvalue weighted by molar-refractivity contribution is -0.145. The normalized spacial score (nSPS) is 11.8. The van der Waals surface area contributed by atoms with Crippen molar-refractivity contribution in [3.8, 4) is 16.9 Å². The predicted molar refractivity (Wildman–Crippen MR) is 145 cm³/mol. The molecule has 0 radical (unpaired) electrons. The topological polar surface area (TPSA) is 81.4 Å². The molecular formula is C31H32N2O4. The fraction of sp³-hybridized carbons (Fsp3) is 0.258. The van der Waals surface area contributed by atoms with Gasteiger partial charge in [-0.25, -0.2) is 9.78 Å². The number of hydrogen-bond acceptors (Lipinski definition) is 4. The van der Waals surface area contributed by atoms with Gasteiger partial charge in [0.05, 0.1) is 17.8 Å². The first-order valence-electron chi connectivity index (χ1n) is 12.6. The SMILES string of the molecule is CCCCc1nc(C)c(-c2ccccc2)c(=O)n1Cc1ccc(OC(C(=O)O)c2ccccc2)c(C)c1. The molecule has 0 aliphatic carbocycles. The van der Waals surface area contributed by atoms with Crippen LogP contribution >= 0.6 is 0 Å². The Hall–Kier alpha value is -4.19. The highest BCUT2D eigenvalue weighted by atomic mass is 16.5. The van der Waals surface area contributed by atoms with Crippen LogP contribution in [0.3, 0.4) is 0 Å². The molecule has 0 aliphatic heterocycles. The van der Waals surface area contributed by atoms with Crippen LogP contribution in [0.2, 0.25) is 0 Å². The number of aromatic nitrogens is 2. The summed E-state index contributed by atoms with van der Waals surface area (Å²) >= 11 is 0. The highest BCUT2D eigenvalue weighted by Crippen LogP contribution is 2.27. The predicted octanol–water partition coefficient (Wildman–Crippen LogP) is 6.12. The molecule has 6 heteroatoms. The number of aryl methyl sites for hydroxylation is 3. The van der Waals surface area contributed by atoms with E-state index in [9.17, 15) is 14.7 Å². The number of benzene rings is 3. The minimum absolute atomic E-state index is 0.0576. The number of ether oxygens (including phenoxy) is 1. The second kappa shape index (κ2) is 11.7. The van der Waals surface area contributed by atoms with E-state index in [1.165, 1.54) is 0 Å². The Morgan fingerprint density at radius 1 is 1.00 bits per heavy atom. The highest BCUT2D eigenvalue weighted by Gasteiger charge is 2.23. The molecular weight excluding hydrogens is 464 g/mol. The summed E-state index contributed by atoms with van der Waals surface area (Å²) in [6, 6.07) is 24.1. The number of rotatable bonds is 10. The van der Waals surface area contributed by atoms with Crippen molar-refractivity contribution < 1.29 is 14.6 Å². The van der Waals surface area contributed by atoms with Gasteiger partial charge in [0.15, 0.2) is 0 Å². The van der Waals surface area contributed by atoms with E-state index in [-0.39, 0.29) is 5.56 Å². The van der Waals surface area contributed by atoms with Crippen molar-refractivity contribution in [2.75, 3.05) is 0 Å². The first-order valence-corrected chi connectivity index (χ1v) is 12.6. The lowest BCUT2D eigenvalue weighted by atomic mass is 10.0. The maximum Gasteiger partial charge on any atom is 0.349 e. The summed E-state index contributed by atoms with van der Waals surface area (Å²) in [5.41, 5.74) is 4.44. The molecule has 4 rings (SSSR count). The summed E-state index contributed by atoms with van der Waals surface area (Å²) in [4.78, 5) is 30.5. The Bertz CT molecular complexity index is 1430. The maximum atomic E-state index is 13.7. The zero-order valence-corrected chi connectivity index (χ0v) is 21.5. The Balaban J connectivity index is 1.68. The van der Waals surface area contributed by atoms with Crippen LogP contribution in [-0.2, 0) is 17.8 Å². The van der Waals surface area contributed by atoms with Crippen molar-refractivity contribution in [2.45, 2.75) is 52.7 Å². The molecule has 6 nitrogen and oxygen atoms in total. The Morgan fingerprint density at radius 2 is 1.68 bits per heavy atom. The van der Waals surface area contributed by atoms with E-state index < -0.39 is 12.1 Å². The van der Waals surface area contributed by atoms with Crippen molar-refractivity contribution in [1.82, 2.24) is 9.55 Å². The van der Waals surface area contributed by atoms with Crippen LogP contribution in [0.25, 0.3) is 11.1 Å². The Kier molecular flexibility index (Phi) is 8.18. The van der Waals surface area contributed by atoms with Gasteiger partial charge in [0.2, 0.25) is 6.10 Å². The van der Waals surface area contributed by atoms with Crippen LogP contribution in [0.1, 0.15) is 54.1 Å². The minimum Gasteiger partial charge on any atom is -0.478 e. The standard InChI is InChI=1S/C31H32N2O4/c1-4-5-16-27-32-22(3)28(24-12-8-6-9-13-24)30(34)33(27)20-23-17-18-26(21(2)19-23)37-29(31(35)36)25-14-10-7-11-15-25/h6-15,17-19,29H,4-5,16,20H2,1-3H3,(H,35,36). The zero-order chi connectivity index (χ0) is 26.4. The fourth-order valence-electron chi connectivity index (χ4n) is 4.48. The molecule has 0 fully saturated rings. The number of nitrogens with zero attached hydrogens (tertiary/aromatic N) is 2. The van der Waals surface area contributed by atoms with E-state index in [0.29, 0.717) is 23.4 Å². The van der Waals surface area contributed by atoms with E-state index in [2.05, 4.69) is 6.92 Å². The molecule has 1 aromatic heterocycles. The average Bonchev–Trinajstić information content (AvgIpc) is 2.89. The summed E-state index contributed by atoms with van der Waals surface area (Å²) < 4.78 is 7.68. The minimum atomic E-state index is -1.11. The van der Waals surface area contributed by atoms with E-state index in [1.54, 1.807) is 34.9 Å². The Morgan fingerprint density at radius 3 is 2.30 bits per heavy atom. The smallest absolute Gasteiger partial charge is 0.349 e. The lowest BCUT2D eigenvalue weighted by Crippen LogP contribution is -2.28. The molecule has 1 heterocycles. The molecule has 37 heavy (non-hydrogen) atoms. The largest absolute Gasteiger partial charge is 0.478 e. The van der Waals surface area contributed by atoms with Gasteiger partial charge in [-0.3, -0.25) is 9.36 Å². The summed E-state index contributed by atoms with van der Waals surface area (Å²) in [7, 11) is 0. The van der Waals surface area contributed by atoms with E-state index in [0.717, 1.165) is 47.5 Å². The number of carboxylic acids is 1. The lowest BCUT2D eigenvalue weighted by Gasteiger charge is -2.19. The number of carbonyl (C=O) groups is 1. The van der Waals surface area contributed by atoms with Crippen LogP contribution in [0, 0.1) is 13.8 Å². The molecule has 0 bridgehead atoms. The molecule has 0 aliphatic rings. The first kappa shape index (κ1) is 25.9. The summed E-state index contributed by atoms with van der Waals surface area (Å²) in [6.07, 6.45) is 1.56. The van der Waals surface area contributed by atoms with E-state index in [4.69, 9.17) is 9.72 Å². The summed E-state index contributed by atoms with van der Waals surface area (Å²) in [5, 5.41) is 9.73. The molecule has 1 atom stereocenters. The van der Waals surface area contributed by atoms with E-state index in [1.807, 2.05) is 62.4 Å². The number of hydrogen-bond donors (Lipinski definition) is 1. The van der Waals surface area contributed by atoms with Gasteiger partial charge in [0.25, 0.3) is 5.56 Å². The van der Waals surface area contributed by atoms with Gasteiger partial charge < -0.3 is 9.84 Å². The molecule has 4 aromatic rings. The number of unbranched alkanes of at least 4 members (excludes halogenated alkanes) is 1. The molecule has 0 spiro atoms. The molecule has 3 aromatic carbocycles. The third-order valence-corrected chi connectivity index (χ3v) is 6.40. The van der Waals surface area contributed by atoms with Crippen molar-refractivity contribution in [1.29, 1.82) is 0 Å². The van der Waals surface area contributed by atoms with Gasteiger partial charge in [-0.05, 0) is 43.0 Å². The third-order valence-electron chi connectivity index (χ3n) is 6.40. The van der Waals surface area contributed by atoms with Crippen molar-refractivity contribution in [2.24, 2.45) is 0 Å². The van der Waals surface area contributed by atoms with E-state index >= 15 is 0 Å². The molecule has 1 unspecified atom stereocenters. The second-order valence-electron chi connectivity index (χ2n) is 9.20. The third kappa shape index (κ3) is 5.97. The first-order chi connectivity index (χ1) is 17.9. The summed E-state index contributed by atoms with van der Waals surface area (Å²) in [6.45, 7) is 6.26. The van der Waals surface area contributed by atoms with Crippen LogP contribution < -0.4 is 10.3 Å². The van der Waals surface area contributed by atoms with Crippen LogP contribution in [-0.4, -0.2) is 20.6 Å². The number of aliphatic carboxylic acids is 1. The van der Waals surface area contributed by atoms with Crippen LogP contribution in [0.4, 0.5) is 0 Å². The van der Waals surface area contributed by atoms with Crippen molar-refractivity contribution in [3.05, 3.63) is 117 Å². The van der Waals surface area contributed by atoms with Gasteiger partial charge in [0, 0.05) is 12.0 Å². The maximum absolute atomic E-state index is 13.7. The molecule has 190 valence electrons. The summed E-state index contributed by atoms with van der Waals surface area (Å²) in [5.74, 6) is 0.212. The molecule has 0 saturated carbocycles. The number of carboxylic acid groups (broad SMARTS) is 1. The average molecular weight is 497 g/mol. The van der Waals surface area contributed by atoms with Gasteiger partial charge in [-0.15, -0.1) is 0 Å².